The monoisotopic (exact) mass is 208 g/mol. The molecule has 5 heteroatoms. The molecular weight excluding hydrogens is 192 g/mol. The fourth-order valence-electron chi connectivity index (χ4n) is 1.62. The van der Waals surface area contributed by atoms with Crippen LogP contribution in [-0.4, -0.2) is 43.8 Å². The predicted octanol–water partition coefficient (Wildman–Crippen LogP) is -0.0374. The van der Waals surface area contributed by atoms with E-state index in [1.54, 1.807) is 6.92 Å². The second-order valence-corrected chi connectivity index (χ2v) is 6.03. The molecule has 1 heterocycles. The van der Waals surface area contributed by atoms with Crippen LogP contribution in [0.4, 0.5) is 0 Å². The van der Waals surface area contributed by atoms with Gasteiger partial charge in [-0.05, 0) is 12.8 Å². The van der Waals surface area contributed by atoms with Crippen molar-refractivity contribution in [3.8, 4) is 0 Å². The maximum Gasteiger partial charge on any atom is 0.158 e. The van der Waals surface area contributed by atoms with Gasteiger partial charge >= 0.3 is 0 Å². The number of aliphatic hydroxyl groups excluding tert-OH is 1. The molecule has 0 amide bonds. The van der Waals surface area contributed by atoms with Crippen molar-refractivity contribution in [2.45, 2.75) is 24.5 Å². The molecule has 0 radical (unpaired) electrons. The topological polar surface area (TPSA) is 63.6 Å². The Balaban J connectivity index is 2.91. The highest BCUT2D eigenvalue weighted by Crippen LogP contribution is 2.29. The third-order valence-corrected chi connectivity index (χ3v) is 5.35. The Labute approximate surface area is 78.8 Å². The van der Waals surface area contributed by atoms with Crippen molar-refractivity contribution < 1.29 is 18.3 Å². The van der Waals surface area contributed by atoms with Crippen LogP contribution in [0.1, 0.15) is 19.8 Å². The minimum atomic E-state index is -3.16. The van der Waals surface area contributed by atoms with Crippen LogP contribution in [-0.2, 0) is 14.6 Å². The summed E-state index contributed by atoms with van der Waals surface area (Å²) in [5.41, 5.74) is 0. The Hall–Kier alpha value is -0.130. The number of ether oxygens (including phenoxy) is 1. The van der Waals surface area contributed by atoms with Gasteiger partial charge in [0.25, 0.3) is 0 Å². The number of aliphatic hydroxyl groups is 1. The molecule has 1 N–H and O–H groups in total. The van der Waals surface area contributed by atoms with Gasteiger partial charge in [0.2, 0.25) is 0 Å². The Kier molecular flexibility index (Phi) is 3.32. The summed E-state index contributed by atoms with van der Waals surface area (Å²) in [5.74, 6) is 0.0908. The van der Waals surface area contributed by atoms with Gasteiger partial charge in [-0.3, -0.25) is 0 Å². The van der Waals surface area contributed by atoms with Crippen LogP contribution in [0.3, 0.4) is 0 Å². The lowest BCUT2D eigenvalue weighted by Crippen LogP contribution is -2.47. The minimum Gasteiger partial charge on any atom is -0.395 e. The standard InChI is InChI=1S/C8H16O4S/c1-2-13(10,11)8(7-9)3-5-12-6-4-8/h9H,2-7H2,1H3. The van der Waals surface area contributed by atoms with Crippen LogP contribution in [0, 0.1) is 0 Å². The van der Waals surface area contributed by atoms with E-state index in [0.717, 1.165) is 0 Å². The highest BCUT2D eigenvalue weighted by molar-refractivity contribution is 7.92. The molecule has 4 nitrogen and oxygen atoms in total. The molecule has 1 saturated heterocycles. The Morgan fingerprint density at radius 2 is 1.92 bits per heavy atom. The normalized spacial score (nSPS) is 22.9. The molecule has 1 rings (SSSR count). The zero-order valence-corrected chi connectivity index (χ0v) is 8.64. The van der Waals surface area contributed by atoms with E-state index in [1.165, 1.54) is 0 Å². The number of rotatable bonds is 3. The molecule has 0 aromatic rings. The maximum atomic E-state index is 11.7. The molecule has 0 bridgehead atoms. The lowest BCUT2D eigenvalue weighted by molar-refractivity contribution is 0.0559. The van der Waals surface area contributed by atoms with Crippen molar-refractivity contribution in [3.63, 3.8) is 0 Å². The predicted molar refractivity (Wildman–Crippen MR) is 49.3 cm³/mol. The molecule has 0 aromatic carbocycles. The highest BCUT2D eigenvalue weighted by Gasteiger charge is 2.43. The van der Waals surface area contributed by atoms with Gasteiger partial charge in [0, 0.05) is 19.0 Å². The van der Waals surface area contributed by atoms with Crippen molar-refractivity contribution >= 4 is 9.84 Å². The summed E-state index contributed by atoms with van der Waals surface area (Å²) in [6.45, 7) is 2.19. The summed E-state index contributed by atoms with van der Waals surface area (Å²) >= 11 is 0. The third kappa shape index (κ3) is 1.87. The van der Waals surface area contributed by atoms with Gasteiger partial charge in [0.1, 0.15) is 0 Å². The lowest BCUT2D eigenvalue weighted by Gasteiger charge is -2.34. The van der Waals surface area contributed by atoms with Crippen molar-refractivity contribution in [2.24, 2.45) is 0 Å². The largest absolute Gasteiger partial charge is 0.395 e. The SMILES string of the molecule is CCS(=O)(=O)C1(CO)CCOCC1. The molecule has 0 spiro atoms. The first kappa shape index (κ1) is 10.9. The quantitative estimate of drug-likeness (QED) is 0.707. The highest BCUT2D eigenvalue weighted by atomic mass is 32.2. The van der Waals surface area contributed by atoms with E-state index in [2.05, 4.69) is 0 Å². The number of hydrogen-bond donors (Lipinski definition) is 1. The minimum absolute atomic E-state index is 0.0908. The first-order chi connectivity index (χ1) is 6.08. The summed E-state index contributed by atoms with van der Waals surface area (Å²) < 4.78 is 27.5. The molecule has 1 fully saturated rings. The fourth-order valence-corrected chi connectivity index (χ4v) is 3.21. The first-order valence-corrected chi connectivity index (χ1v) is 6.14. The van der Waals surface area contributed by atoms with E-state index in [-0.39, 0.29) is 12.4 Å². The molecule has 0 saturated carbocycles. The van der Waals surface area contributed by atoms with Crippen molar-refractivity contribution in [3.05, 3.63) is 0 Å². The fraction of sp³-hybridized carbons (Fsp3) is 1.00. The van der Waals surface area contributed by atoms with E-state index in [4.69, 9.17) is 4.74 Å². The van der Waals surface area contributed by atoms with Crippen LogP contribution < -0.4 is 0 Å². The molecule has 78 valence electrons. The molecular formula is C8H16O4S. The zero-order valence-electron chi connectivity index (χ0n) is 7.82. The summed E-state index contributed by atoms with van der Waals surface area (Å²) in [6.07, 6.45) is 0.833. The summed E-state index contributed by atoms with van der Waals surface area (Å²) in [6, 6.07) is 0. The molecule has 13 heavy (non-hydrogen) atoms. The second-order valence-electron chi connectivity index (χ2n) is 3.36. The van der Waals surface area contributed by atoms with Gasteiger partial charge in [-0.15, -0.1) is 0 Å². The van der Waals surface area contributed by atoms with E-state index in [1.807, 2.05) is 0 Å². The van der Waals surface area contributed by atoms with Crippen LogP contribution in [0.25, 0.3) is 0 Å². The molecule has 0 aromatic heterocycles. The van der Waals surface area contributed by atoms with Crippen molar-refractivity contribution in [2.75, 3.05) is 25.6 Å². The third-order valence-electron chi connectivity index (χ3n) is 2.73. The van der Waals surface area contributed by atoms with E-state index in [0.29, 0.717) is 26.1 Å². The molecule has 0 aliphatic carbocycles. The molecule has 1 aliphatic rings. The number of sulfone groups is 1. The second kappa shape index (κ2) is 3.94. The van der Waals surface area contributed by atoms with Crippen LogP contribution in [0.2, 0.25) is 0 Å². The summed E-state index contributed by atoms with van der Waals surface area (Å²) in [5, 5.41) is 9.17. The molecule has 0 unspecified atom stereocenters. The Morgan fingerprint density at radius 3 is 2.31 bits per heavy atom. The average Bonchev–Trinajstić information content (AvgIpc) is 2.18. The van der Waals surface area contributed by atoms with Crippen molar-refractivity contribution in [1.29, 1.82) is 0 Å². The van der Waals surface area contributed by atoms with Crippen LogP contribution in [0.15, 0.2) is 0 Å². The van der Waals surface area contributed by atoms with Crippen molar-refractivity contribution in [1.82, 2.24) is 0 Å². The summed E-state index contributed by atoms with van der Waals surface area (Å²) in [4.78, 5) is 0. The van der Waals surface area contributed by atoms with Gasteiger partial charge in [0.15, 0.2) is 9.84 Å². The van der Waals surface area contributed by atoms with Gasteiger partial charge in [0.05, 0.1) is 11.4 Å². The summed E-state index contributed by atoms with van der Waals surface area (Å²) in [7, 11) is -3.16. The van der Waals surface area contributed by atoms with Gasteiger partial charge < -0.3 is 9.84 Å². The van der Waals surface area contributed by atoms with Crippen LogP contribution >= 0.6 is 0 Å². The average molecular weight is 208 g/mol. The smallest absolute Gasteiger partial charge is 0.158 e. The molecule has 0 atom stereocenters. The van der Waals surface area contributed by atoms with Gasteiger partial charge in [-0.1, -0.05) is 6.92 Å². The Morgan fingerprint density at radius 1 is 1.38 bits per heavy atom. The van der Waals surface area contributed by atoms with Gasteiger partial charge in [-0.2, -0.15) is 0 Å². The Bertz CT molecular complexity index is 251. The van der Waals surface area contributed by atoms with Crippen LogP contribution in [0.5, 0.6) is 0 Å². The molecule has 1 aliphatic heterocycles. The maximum absolute atomic E-state index is 11.7. The van der Waals surface area contributed by atoms with E-state index >= 15 is 0 Å². The number of hydrogen-bond acceptors (Lipinski definition) is 4. The first-order valence-electron chi connectivity index (χ1n) is 4.49. The van der Waals surface area contributed by atoms with E-state index < -0.39 is 14.6 Å². The van der Waals surface area contributed by atoms with E-state index in [9.17, 15) is 13.5 Å². The van der Waals surface area contributed by atoms with Gasteiger partial charge in [-0.25, -0.2) is 8.42 Å². The zero-order chi connectivity index (χ0) is 9.95. The lowest BCUT2D eigenvalue weighted by atomic mass is 10.0.